The molecule has 478 valence electrons. The molecule has 0 saturated carbocycles. The quantitative estimate of drug-likeness (QED) is 0.0956. The van der Waals surface area contributed by atoms with Crippen LogP contribution >= 0.6 is 0 Å². The molecule has 8 aliphatic rings. The van der Waals surface area contributed by atoms with Crippen molar-refractivity contribution in [1.82, 2.24) is 39.8 Å². The van der Waals surface area contributed by atoms with Gasteiger partial charge in [-0.25, -0.2) is 0 Å². The lowest BCUT2D eigenvalue weighted by Gasteiger charge is -2.35. The number of pyridine rings is 2. The summed E-state index contributed by atoms with van der Waals surface area (Å²) in [5, 5.41) is 4.43. The molecule has 5 aromatic carbocycles. The zero-order valence-corrected chi connectivity index (χ0v) is 51.8. The van der Waals surface area contributed by atoms with Gasteiger partial charge in [-0.2, -0.15) is 0 Å². The Labute approximate surface area is 537 Å². The van der Waals surface area contributed by atoms with Gasteiger partial charge in [-0.1, -0.05) is 36.4 Å². The second-order valence-corrected chi connectivity index (χ2v) is 25.3. The van der Waals surface area contributed by atoms with Crippen molar-refractivity contribution < 1.29 is 62.0 Å². The van der Waals surface area contributed by atoms with Crippen molar-refractivity contribution >= 4 is 69.1 Å². The average Bonchev–Trinajstić information content (AvgIpc) is 1.71. The third kappa shape index (κ3) is 12.7. The second kappa shape index (κ2) is 26.2. The van der Waals surface area contributed by atoms with Gasteiger partial charge in [0.05, 0.1) is 24.7 Å². The van der Waals surface area contributed by atoms with Gasteiger partial charge in [-0.15, -0.1) is 0 Å². The molecule has 10 heterocycles. The minimum atomic E-state index is -0.741. The Morgan fingerprint density at radius 2 is 0.968 bits per heavy atom. The molecule has 0 radical (unpaired) electrons. The van der Waals surface area contributed by atoms with E-state index < -0.39 is 30.2 Å². The first-order valence-corrected chi connectivity index (χ1v) is 32.3. The molecule has 0 aliphatic carbocycles. The largest absolute Gasteiger partial charge is 0.497 e. The van der Waals surface area contributed by atoms with Crippen LogP contribution in [-0.2, 0) is 71.0 Å². The van der Waals surface area contributed by atoms with E-state index in [1.165, 1.54) is 9.80 Å². The maximum absolute atomic E-state index is 13.6. The highest BCUT2D eigenvalue weighted by molar-refractivity contribution is 6.07. The molecule has 15 rings (SSSR count). The highest BCUT2D eigenvalue weighted by Gasteiger charge is 2.44. The van der Waals surface area contributed by atoms with Crippen molar-refractivity contribution in [1.29, 1.82) is 0 Å². The van der Waals surface area contributed by atoms with Crippen molar-refractivity contribution in [2.24, 2.45) is 0 Å². The van der Waals surface area contributed by atoms with E-state index in [4.69, 9.17) is 33.7 Å². The Balaban J connectivity index is 0.000000164. The number of hydrogen-bond donors (Lipinski definition) is 1. The Morgan fingerprint density at radius 1 is 0.484 bits per heavy atom. The molecule has 4 atom stereocenters. The lowest BCUT2D eigenvalue weighted by molar-refractivity contribution is -0.153. The first-order chi connectivity index (χ1) is 45.3. The van der Waals surface area contributed by atoms with Crippen LogP contribution in [0.15, 0.2) is 121 Å². The van der Waals surface area contributed by atoms with Crippen molar-refractivity contribution in [3.05, 3.63) is 172 Å². The molecule has 93 heavy (non-hydrogen) atoms. The fraction of sp³-hybridized carbons (Fsp3) is 0.389. The zero-order valence-electron chi connectivity index (χ0n) is 51.8. The first kappa shape index (κ1) is 60.9. The number of carbonyl (C=O) groups is 8. The van der Waals surface area contributed by atoms with E-state index in [1.807, 2.05) is 46.2 Å². The average molecular weight is 1260 g/mol. The molecule has 6 fully saturated rings. The van der Waals surface area contributed by atoms with Crippen LogP contribution in [-0.4, -0.2) is 153 Å². The number of benzene rings is 5. The van der Waals surface area contributed by atoms with Gasteiger partial charge in [0.25, 0.3) is 29.5 Å². The molecular weight excluding hydrogens is 1180 g/mol. The molecule has 0 spiro atoms. The topological polar surface area (TPSA) is 237 Å². The van der Waals surface area contributed by atoms with Crippen molar-refractivity contribution in [3.63, 3.8) is 0 Å². The van der Waals surface area contributed by atoms with Gasteiger partial charge in [-0.3, -0.25) is 58.5 Å². The second-order valence-electron chi connectivity index (χ2n) is 25.3. The fourth-order valence-corrected chi connectivity index (χ4v) is 14.2. The lowest BCUT2D eigenvalue weighted by atomic mass is 9.95. The van der Waals surface area contributed by atoms with Gasteiger partial charge in [0.1, 0.15) is 29.3 Å². The summed E-state index contributed by atoms with van der Waals surface area (Å²) in [5.41, 5.74) is 9.51. The Hall–Kier alpha value is -9.60. The zero-order chi connectivity index (χ0) is 63.9. The molecular formula is C72H72N8O13. The molecule has 7 aromatic rings. The predicted octanol–water partition coefficient (Wildman–Crippen LogP) is 8.06. The van der Waals surface area contributed by atoms with Gasteiger partial charge in [0, 0.05) is 137 Å². The lowest BCUT2D eigenvalue weighted by Crippen LogP contribution is -2.54. The van der Waals surface area contributed by atoms with Crippen LogP contribution in [0, 0.1) is 0 Å². The predicted molar refractivity (Wildman–Crippen MR) is 338 cm³/mol. The minimum Gasteiger partial charge on any atom is -0.497 e. The summed E-state index contributed by atoms with van der Waals surface area (Å²) < 4.78 is 28.5. The summed E-state index contributed by atoms with van der Waals surface area (Å²) in [6.45, 7) is 5.90. The van der Waals surface area contributed by atoms with E-state index in [1.54, 1.807) is 60.5 Å². The Bertz CT molecular complexity index is 4130. The molecule has 21 nitrogen and oxygen atoms in total. The maximum Gasteiger partial charge on any atom is 0.264 e. The third-order valence-electron chi connectivity index (χ3n) is 19.4. The SMILES string of the molecule is COc1ccc(CN2C(=O)CCC(N3Cc4cc(O[C@H]5CCN(Cc6ccc7nc(C8CCOCC8)ccc7c6)C5=O)ccc4C3=O)C2=O)cc1.O=C1CCC(N2Cc3cc(O[C@H]4CCN(Cc5ccc6nc(C7CCOCC7)ccc6c5)C4=O)ccc3C2=O)C(=O)N1. The summed E-state index contributed by atoms with van der Waals surface area (Å²) in [6.07, 6.45) is 4.86. The number of likely N-dealkylation sites (tertiary alicyclic amines) is 3. The normalized spacial score (nSPS) is 22.0. The molecule has 8 aliphatic heterocycles. The fourth-order valence-electron chi connectivity index (χ4n) is 14.2. The Morgan fingerprint density at radius 3 is 1.47 bits per heavy atom. The number of ether oxygens (including phenoxy) is 5. The monoisotopic (exact) mass is 1260 g/mol. The van der Waals surface area contributed by atoms with Crippen LogP contribution in [0.2, 0.25) is 0 Å². The van der Waals surface area contributed by atoms with Crippen LogP contribution in [0.5, 0.6) is 17.2 Å². The summed E-state index contributed by atoms with van der Waals surface area (Å²) >= 11 is 0. The number of fused-ring (bicyclic) bond motifs is 4. The van der Waals surface area contributed by atoms with Gasteiger partial charge >= 0.3 is 0 Å². The molecule has 2 aromatic heterocycles. The number of nitrogens with one attached hydrogen (secondary N) is 1. The summed E-state index contributed by atoms with van der Waals surface area (Å²) in [6, 6.07) is 37.0. The number of nitrogens with zero attached hydrogens (tertiary/aromatic N) is 7. The molecule has 6 saturated heterocycles. The number of piperidine rings is 2. The summed E-state index contributed by atoms with van der Waals surface area (Å²) in [5.74, 6) is 0.577. The van der Waals surface area contributed by atoms with E-state index in [0.717, 1.165) is 113 Å². The van der Waals surface area contributed by atoms with Crippen LogP contribution in [0.3, 0.4) is 0 Å². The van der Waals surface area contributed by atoms with E-state index in [9.17, 15) is 38.4 Å². The van der Waals surface area contributed by atoms with E-state index in [2.05, 4.69) is 41.7 Å². The summed E-state index contributed by atoms with van der Waals surface area (Å²) in [7, 11) is 1.58. The first-order valence-electron chi connectivity index (χ1n) is 32.3. The highest BCUT2D eigenvalue weighted by atomic mass is 16.5. The van der Waals surface area contributed by atoms with Crippen LogP contribution in [0.4, 0.5) is 0 Å². The number of hydrogen-bond acceptors (Lipinski definition) is 15. The number of rotatable bonds is 15. The van der Waals surface area contributed by atoms with Crippen molar-refractivity contribution in [2.75, 3.05) is 46.6 Å². The highest BCUT2D eigenvalue weighted by Crippen LogP contribution is 2.36. The molecule has 21 heteroatoms. The number of amides is 8. The molecule has 2 unspecified atom stereocenters. The smallest absolute Gasteiger partial charge is 0.264 e. The van der Waals surface area contributed by atoms with Crippen LogP contribution in [0.1, 0.15) is 136 Å². The van der Waals surface area contributed by atoms with E-state index in [0.29, 0.717) is 85.7 Å². The van der Waals surface area contributed by atoms with Crippen LogP contribution in [0.25, 0.3) is 21.8 Å². The molecule has 8 amide bonds. The summed E-state index contributed by atoms with van der Waals surface area (Å²) in [4.78, 5) is 121. The maximum atomic E-state index is 13.6. The van der Waals surface area contributed by atoms with E-state index >= 15 is 0 Å². The van der Waals surface area contributed by atoms with E-state index in [-0.39, 0.29) is 80.2 Å². The number of methoxy groups -OCH3 is 1. The third-order valence-corrected chi connectivity index (χ3v) is 19.4. The molecule has 0 bridgehead atoms. The number of imide groups is 2. The Kier molecular flexibility index (Phi) is 17.2. The van der Waals surface area contributed by atoms with Crippen LogP contribution < -0.4 is 19.5 Å². The standard InChI is InChI=1S/C40H40N4O7.C32H32N4O6/c1-49-30-6-2-25(3-7-30)23-44-37(45)13-12-35(39(44)47)43-24-29-21-31(8-9-32(29)38(43)46)51-36-14-17-42(40(36)48)22-26-4-10-34-28(20-26)5-11-33(41-34)27-15-18-50-19-16-27;37-29-8-7-27(30(38)34-29)36-18-22-16-23(3-4-24(22)31(36)39)42-28-9-12-35(32(28)40)17-19-1-5-26-21(15-19)2-6-25(33-26)20-10-13-41-14-11-20/h2-11,20-21,27,35-36H,12-19,22-24H2,1H3;1-6,15-16,20,27-28H,7-14,17-18H2,(H,34,37,38)/t35?,36-;27?,28-/m00/s1. The van der Waals surface area contributed by atoms with Gasteiger partial charge in [-0.05, 0) is 151 Å². The van der Waals surface area contributed by atoms with Gasteiger partial charge in [0.2, 0.25) is 17.7 Å². The van der Waals surface area contributed by atoms with Crippen molar-refractivity contribution in [2.45, 2.75) is 133 Å². The number of aromatic nitrogens is 2. The number of carbonyl (C=O) groups excluding carboxylic acids is 8. The molecule has 1 N–H and O–H groups in total. The minimum absolute atomic E-state index is 0.0650. The van der Waals surface area contributed by atoms with Crippen molar-refractivity contribution in [3.8, 4) is 17.2 Å². The van der Waals surface area contributed by atoms with Gasteiger partial charge in [0.15, 0.2) is 12.2 Å². The van der Waals surface area contributed by atoms with Gasteiger partial charge < -0.3 is 43.3 Å².